The maximum absolute atomic E-state index is 14.0. The molecule has 0 unspecified atom stereocenters. The number of benzene rings is 1. The molecule has 3 atom stereocenters. The van der Waals surface area contributed by atoms with E-state index >= 15 is 0 Å². The summed E-state index contributed by atoms with van der Waals surface area (Å²) in [5, 5.41) is 2.74. The summed E-state index contributed by atoms with van der Waals surface area (Å²) < 4.78 is 27.7. The van der Waals surface area contributed by atoms with Crippen LogP contribution in [0.4, 0.5) is 20.5 Å². The molecule has 2 saturated heterocycles. The number of amides is 1. The van der Waals surface area contributed by atoms with Gasteiger partial charge < -0.3 is 15.1 Å². The van der Waals surface area contributed by atoms with Gasteiger partial charge in [-0.2, -0.15) is 4.98 Å². The third-order valence-electron chi connectivity index (χ3n) is 6.32. The lowest BCUT2D eigenvalue weighted by Gasteiger charge is -2.30. The summed E-state index contributed by atoms with van der Waals surface area (Å²) in [5.41, 5.74) is 0.837. The molecule has 152 valence electrons. The second kappa shape index (κ2) is 6.93. The molecule has 3 fully saturated rings. The number of rotatable bonds is 4. The molecule has 1 N–H and O–H groups in total. The number of halogens is 2. The molecule has 0 radical (unpaired) electrons. The van der Waals surface area contributed by atoms with E-state index in [1.54, 1.807) is 13.1 Å². The van der Waals surface area contributed by atoms with Crippen LogP contribution >= 0.6 is 0 Å². The summed E-state index contributed by atoms with van der Waals surface area (Å²) in [6.45, 7) is 1.99. The van der Waals surface area contributed by atoms with Crippen molar-refractivity contribution in [2.45, 2.75) is 18.9 Å². The summed E-state index contributed by atoms with van der Waals surface area (Å²) >= 11 is 0. The van der Waals surface area contributed by atoms with Crippen LogP contribution in [0.1, 0.15) is 24.4 Å². The minimum absolute atomic E-state index is 0.125. The number of hydrogen-bond acceptors (Lipinski definition) is 5. The molecule has 1 aromatic carbocycles. The zero-order valence-electron chi connectivity index (χ0n) is 16.2. The topological polar surface area (TPSA) is 61.4 Å². The SMILES string of the molecule is CNc1nc(N2C[C@H]3CN(C(=O)C4CC4)[C@H](c4cccc(F)c4)[C@H]3C2)ncc1F. The van der Waals surface area contributed by atoms with Gasteiger partial charge in [0.25, 0.3) is 0 Å². The van der Waals surface area contributed by atoms with E-state index in [4.69, 9.17) is 0 Å². The largest absolute Gasteiger partial charge is 0.371 e. The van der Waals surface area contributed by atoms with Gasteiger partial charge >= 0.3 is 0 Å². The quantitative estimate of drug-likeness (QED) is 0.857. The molecule has 3 heterocycles. The van der Waals surface area contributed by atoms with Crippen molar-refractivity contribution < 1.29 is 13.6 Å². The molecule has 8 heteroatoms. The average molecular weight is 399 g/mol. The number of aromatic nitrogens is 2. The molecule has 5 rings (SSSR count). The molecule has 0 bridgehead atoms. The number of nitrogens with one attached hydrogen (secondary N) is 1. The number of hydrogen-bond donors (Lipinski definition) is 1. The van der Waals surface area contributed by atoms with Crippen LogP contribution in [0.5, 0.6) is 0 Å². The van der Waals surface area contributed by atoms with Crippen molar-refractivity contribution in [1.82, 2.24) is 14.9 Å². The summed E-state index contributed by atoms with van der Waals surface area (Å²) in [7, 11) is 1.62. The second-order valence-corrected chi connectivity index (χ2v) is 8.21. The highest BCUT2D eigenvalue weighted by atomic mass is 19.1. The Morgan fingerprint density at radius 1 is 1.21 bits per heavy atom. The Morgan fingerprint density at radius 2 is 2.03 bits per heavy atom. The highest BCUT2D eigenvalue weighted by Crippen LogP contribution is 2.47. The van der Waals surface area contributed by atoms with Crippen molar-refractivity contribution in [3.63, 3.8) is 0 Å². The number of fused-ring (bicyclic) bond motifs is 1. The second-order valence-electron chi connectivity index (χ2n) is 8.21. The summed E-state index contributed by atoms with van der Waals surface area (Å²) in [4.78, 5) is 25.4. The van der Waals surface area contributed by atoms with Crippen LogP contribution in [0.3, 0.4) is 0 Å². The van der Waals surface area contributed by atoms with Gasteiger partial charge in [0, 0.05) is 44.4 Å². The minimum atomic E-state index is -0.491. The highest BCUT2D eigenvalue weighted by molar-refractivity contribution is 5.82. The van der Waals surface area contributed by atoms with Crippen molar-refractivity contribution in [1.29, 1.82) is 0 Å². The fraction of sp³-hybridized carbons (Fsp3) is 0.476. The Morgan fingerprint density at radius 3 is 2.76 bits per heavy atom. The summed E-state index contributed by atoms with van der Waals surface area (Å²) in [6.07, 6.45) is 3.07. The highest BCUT2D eigenvalue weighted by Gasteiger charge is 2.51. The van der Waals surface area contributed by atoms with Crippen LogP contribution < -0.4 is 10.2 Å². The van der Waals surface area contributed by atoms with Crippen molar-refractivity contribution >= 4 is 17.7 Å². The number of nitrogens with zero attached hydrogens (tertiary/aromatic N) is 4. The smallest absolute Gasteiger partial charge is 0.227 e. The monoisotopic (exact) mass is 399 g/mol. The van der Waals surface area contributed by atoms with Crippen LogP contribution in [-0.4, -0.2) is 47.5 Å². The first-order valence-corrected chi connectivity index (χ1v) is 10.1. The van der Waals surface area contributed by atoms with Gasteiger partial charge in [-0.25, -0.2) is 13.8 Å². The van der Waals surface area contributed by atoms with Gasteiger partial charge in [0.15, 0.2) is 11.6 Å². The van der Waals surface area contributed by atoms with E-state index in [9.17, 15) is 13.6 Å². The summed E-state index contributed by atoms with van der Waals surface area (Å²) in [5.74, 6) is 0.580. The minimum Gasteiger partial charge on any atom is -0.371 e. The Balaban J connectivity index is 1.44. The first kappa shape index (κ1) is 18.3. The lowest BCUT2D eigenvalue weighted by molar-refractivity contribution is -0.134. The van der Waals surface area contributed by atoms with E-state index in [2.05, 4.69) is 15.3 Å². The van der Waals surface area contributed by atoms with Crippen LogP contribution in [-0.2, 0) is 4.79 Å². The fourth-order valence-corrected chi connectivity index (χ4v) is 4.80. The Hall–Kier alpha value is -2.77. The van der Waals surface area contributed by atoms with E-state index in [-0.39, 0.29) is 41.3 Å². The Bertz CT molecular complexity index is 950. The van der Waals surface area contributed by atoms with Gasteiger partial charge in [-0.1, -0.05) is 12.1 Å². The molecule has 6 nitrogen and oxygen atoms in total. The molecule has 2 aliphatic heterocycles. The maximum atomic E-state index is 14.0. The molecule has 3 aliphatic rings. The van der Waals surface area contributed by atoms with Crippen molar-refractivity contribution in [2.75, 3.05) is 36.9 Å². The predicted molar refractivity (Wildman–Crippen MR) is 104 cm³/mol. The third-order valence-corrected chi connectivity index (χ3v) is 6.32. The van der Waals surface area contributed by atoms with Crippen molar-refractivity contribution in [3.05, 3.63) is 47.7 Å². The van der Waals surface area contributed by atoms with E-state index in [0.29, 0.717) is 25.6 Å². The normalized spacial score (nSPS) is 26.0. The first-order valence-electron chi connectivity index (χ1n) is 10.1. The van der Waals surface area contributed by atoms with Crippen LogP contribution in [0.25, 0.3) is 0 Å². The number of anilines is 2. The lowest BCUT2D eigenvalue weighted by atomic mass is 9.89. The zero-order valence-corrected chi connectivity index (χ0v) is 16.2. The Labute approximate surface area is 167 Å². The van der Waals surface area contributed by atoms with E-state index in [1.165, 1.54) is 18.3 Å². The van der Waals surface area contributed by atoms with Crippen LogP contribution in [0.2, 0.25) is 0 Å². The standard InChI is InChI=1S/C21H23F2N5O/c1-24-19-17(23)8-25-21(26-19)27-9-14-10-28(20(29)12-5-6-12)18(16(14)11-27)13-3-2-4-15(22)7-13/h2-4,7-8,12,14,16,18H,5-6,9-11H2,1H3,(H,24,25,26)/t14-,16-,18+/m0/s1. The van der Waals surface area contributed by atoms with Gasteiger partial charge in [-0.05, 0) is 30.5 Å². The first-order chi connectivity index (χ1) is 14.0. The molecule has 2 aromatic rings. The maximum Gasteiger partial charge on any atom is 0.227 e. The Kier molecular flexibility index (Phi) is 4.37. The molecule has 29 heavy (non-hydrogen) atoms. The molecule has 1 aromatic heterocycles. The van der Waals surface area contributed by atoms with Gasteiger partial charge in [0.05, 0.1) is 12.2 Å². The number of likely N-dealkylation sites (tertiary alicyclic amines) is 1. The van der Waals surface area contributed by atoms with E-state index in [0.717, 1.165) is 18.4 Å². The van der Waals surface area contributed by atoms with Gasteiger partial charge in [-0.15, -0.1) is 0 Å². The molecule has 1 saturated carbocycles. The molecule has 1 amide bonds. The molecule has 1 aliphatic carbocycles. The lowest BCUT2D eigenvalue weighted by Crippen LogP contribution is -2.37. The predicted octanol–water partition coefficient (Wildman–Crippen LogP) is 2.84. The third kappa shape index (κ3) is 3.20. The summed E-state index contributed by atoms with van der Waals surface area (Å²) in [6, 6.07) is 6.41. The van der Waals surface area contributed by atoms with Crippen molar-refractivity contribution in [3.8, 4) is 0 Å². The molecular formula is C21H23F2N5O. The number of carbonyl (C=O) groups is 1. The van der Waals surface area contributed by atoms with Crippen molar-refractivity contribution in [2.24, 2.45) is 17.8 Å². The molecule has 0 spiro atoms. The van der Waals surface area contributed by atoms with Crippen LogP contribution in [0.15, 0.2) is 30.5 Å². The van der Waals surface area contributed by atoms with Gasteiger partial charge in [-0.3, -0.25) is 4.79 Å². The van der Waals surface area contributed by atoms with Crippen LogP contribution in [0, 0.1) is 29.4 Å². The fourth-order valence-electron chi connectivity index (χ4n) is 4.80. The van der Waals surface area contributed by atoms with Gasteiger partial charge in [0.2, 0.25) is 11.9 Å². The number of carbonyl (C=O) groups excluding carboxylic acids is 1. The zero-order chi connectivity index (χ0) is 20.1. The average Bonchev–Trinajstić information content (AvgIpc) is 3.39. The molecular weight excluding hydrogens is 376 g/mol. The van der Waals surface area contributed by atoms with E-state index in [1.807, 2.05) is 15.9 Å². The van der Waals surface area contributed by atoms with E-state index < -0.39 is 5.82 Å². The van der Waals surface area contributed by atoms with Gasteiger partial charge in [0.1, 0.15) is 5.82 Å².